The van der Waals surface area contributed by atoms with Gasteiger partial charge in [-0.15, -0.1) is 0 Å². The quantitative estimate of drug-likeness (QED) is 0.838. The highest BCUT2D eigenvalue weighted by Gasteiger charge is 2.40. The summed E-state index contributed by atoms with van der Waals surface area (Å²) in [5.41, 5.74) is 0.335. The van der Waals surface area contributed by atoms with Crippen LogP contribution in [-0.4, -0.2) is 53.0 Å². The molecule has 1 aromatic carbocycles. The minimum atomic E-state index is -0.759. The van der Waals surface area contributed by atoms with Gasteiger partial charge in [0.25, 0.3) is 0 Å². The Morgan fingerprint density at radius 3 is 2.42 bits per heavy atom. The van der Waals surface area contributed by atoms with Crippen LogP contribution in [0.2, 0.25) is 0 Å². The second-order valence-corrected chi connectivity index (χ2v) is 7.62. The first-order chi connectivity index (χ1) is 12.2. The molecule has 7 nitrogen and oxygen atoms in total. The van der Waals surface area contributed by atoms with Gasteiger partial charge < -0.3 is 24.8 Å². The number of carbonyl (C=O) groups is 2. The molecule has 7 heteroatoms. The molecule has 2 amide bonds. The van der Waals surface area contributed by atoms with E-state index < -0.39 is 23.8 Å². The first-order valence-electron chi connectivity index (χ1n) is 8.79. The summed E-state index contributed by atoms with van der Waals surface area (Å²) in [5, 5.41) is 12.7. The van der Waals surface area contributed by atoms with Crippen LogP contribution in [0.1, 0.15) is 33.3 Å². The Morgan fingerprint density at radius 1 is 1.27 bits per heavy atom. The summed E-state index contributed by atoms with van der Waals surface area (Å²) in [7, 11) is 0. The fourth-order valence-electron chi connectivity index (χ4n) is 2.75. The highest BCUT2D eigenvalue weighted by Crippen LogP contribution is 2.24. The SMILES string of the molecule is C[C@H](O)[C@H](NC(=O)OCc1ccccc1)C1CN(C(=O)OC(C)(C)C)C1. The van der Waals surface area contributed by atoms with Crippen LogP contribution in [0, 0.1) is 5.92 Å². The monoisotopic (exact) mass is 364 g/mol. The number of amides is 2. The average molecular weight is 364 g/mol. The normalized spacial score (nSPS) is 17.0. The molecule has 0 bridgehead atoms. The Labute approximate surface area is 154 Å². The number of hydrogen-bond donors (Lipinski definition) is 2. The Hall–Kier alpha value is -2.28. The summed E-state index contributed by atoms with van der Waals surface area (Å²) in [6.07, 6.45) is -1.73. The van der Waals surface area contributed by atoms with Gasteiger partial charge in [-0.05, 0) is 33.3 Å². The fraction of sp³-hybridized carbons (Fsp3) is 0.579. The van der Waals surface area contributed by atoms with E-state index in [1.54, 1.807) is 11.8 Å². The highest BCUT2D eigenvalue weighted by molar-refractivity contribution is 5.70. The number of likely N-dealkylation sites (tertiary alicyclic amines) is 1. The summed E-state index contributed by atoms with van der Waals surface area (Å²) in [6, 6.07) is 8.87. The fourth-order valence-corrected chi connectivity index (χ4v) is 2.75. The molecule has 2 atom stereocenters. The summed E-state index contributed by atoms with van der Waals surface area (Å²) < 4.78 is 10.5. The topological polar surface area (TPSA) is 88.1 Å². The van der Waals surface area contributed by atoms with Crippen molar-refractivity contribution in [2.75, 3.05) is 13.1 Å². The molecule has 1 fully saturated rings. The zero-order chi connectivity index (χ0) is 19.3. The molecule has 1 heterocycles. The van der Waals surface area contributed by atoms with Crippen LogP contribution >= 0.6 is 0 Å². The number of nitrogens with one attached hydrogen (secondary N) is 1. The lowest BCUT2D eigenvalue weighted by Gasteiger charge is -2.44. The van der Waals surface area contributed by atoms with Gasteiger partial charge in [-0.1, -0.05) is 30.3 Å². The molecule has 0 radical (unpaired) electrons. The third kappa shape index (κ3) is 5.91. The van der Waals surface area contributed by atoms with Gasteiger partial charge in [-0.3, -0.25) is 0 Å². The van der Waals surface area contributed by atoms with Crippen LogP contribution in [0.5, 0.6) is 0 Å². The van der Waals surface area contributed by atoms with E-state index in [-0.39, 0.29) is 18.6 Å². The predicted octanol–water partition coefficient (Wildman–Crippen LogP) is 2.53. The van der Waals surface area contributed by atoms with Crippen LogP contribution < -0.4 is 5.32 Å². The van der Waals surface area contributed by atoms with Gasteiger partial charge >= 0.3 is 12.2 Å². The van der Waals surface area contributed by atoms with Crippen molar-refractivity contribution in [1.82, 2.24) is 10.2 Å². The third-order valence-corrected chi connectivity index (χ3v) is 4.09. The molecule has 0 unspecified atom stereocenters. The summed E-state index contributed by atoms with van der Waals surface area (Å²) >= 11 is 0. The summed E-state index contributed by atoms with van der Waals surface area (Å²) in [6.45, 7) is 8.04. The molecular formula is C19H28N2O5. The first-order valence-corrected chi connectivity index (χ1v) is 8.79. The predicted molar refractivity (Wildman–Crippen MR) is 96.5 cm³/mol. The Balaban J connectivity index is 1.80. The number of benzene rings is 1. The molecule has 1 aliphatic rings. The number of carbonyl (C=O) groups excluding carboxylic acids is 2. The maximum atomic E-state index is 12.0. The second-order valence-electron chi connectivity index (χ2n) is 7.62. The van der Waals surface area contributed by atoms with E-state index in [0.717, 1.165) is 5.56 Å². The van der Waals surface area contributed by atoms with Crippen molar-refractivity contribution < 1.29 is 24.2 Å². The van der Waals surface area contributed by atoms with Crippen molar-refractivity contribution in [3.63, 3.8) is 0 Å². The van der Waals surface area contributed by atoms with E-state index in [0.29, 0.717) is 13.1 Å². The van der Waals surface area contributed by atoms with Gasteiger partial charge in [0.15, 0.2) is 0 Å². The van der Waals surface area contributed by atoms with Crippen molar-refractivity contribution in [3.05, 3.63) is 35.9 Å². The summed E-state index contributed by atoms with van der Waals surface area (Å²) in [5.74, 6) is -0.0493. The molecule has 0 aliphatic carbocycles. The Morgan fingerprint density at radius 2 is 1.88 bits per heavy atom. The molecule has 0 spiro atoms. The molecule has 0 saturated carbocycles. The number of aliphatic hydroxyl groups is 1. The van der Waals surface area contributed by atoms with Gasteiger partial charge in [0.2, 0.25) is 0 Å². The van der Waals surface area contributed by atoms with E-state index in [1.165, 1.54) is 0 Å². The Bertz CT molecular complexity index is 606. The van der Waals surface area contributed by atoms with Crippen molar-refractivity contribution in [1.29, 1.82) is 0 Å². The molecule has 144 valence electrons. The van der Waals surface area contributed by atoms with E-state index in [1.807, 2.05) is 51.1 Å². The first kappa shape index (κ1) is 20.0. The van der Waals surface area contributed by atoms with Gasteiger partial charge in [-0.2, -0.15) is 0 Å². The lowest BCUT2D eigenvalue weighted by atomic mass is 9.89. The average Bonchev–Trinajstić information content (AvgIpc) is 2.49. The molecule has 1 saturated heterocycles. The lowest BCUT2D eigenvalue weighted by molar-refractivity contribution is -0.0184. The van der Waals surface area contributed by atoms with Crippen molar-refractivity contribution >= 4 is 12.2 Å². The van der Waals surface area contributed by atoms with E-state index in [4.69, 9.17) is 9.47 Å². The number of hydrogen-bond acceptors (Lipinski definition) is 5. The largest absolute Gasteiger partial charge is 0.445 e. The smallest absolute Gasteiger partial charge is 0.410 e. The Kier molecular flexibility index (Phi) is 6.47. The van der Waals surface area contributed by atoms with Crippen molar-refractivity contribution in [2.45, 2.75) is 52.0 Å². The number of rotatable bonds is 5. The number of ether oxygens (including phenoxy) is 2. The maximum absolute atomic E-state index is 12.0. The number of alkyl carbamates (subject to hydrolysis) is 1. The molecule has 2 rings (SSSR count). The standard InChI is InChI=1S/C19H28N2O5/c1-13(22)16(15-10-21(11-15)18(24)26-19(2,3)4)20-17(23)25-12-14-8-6-5-7-9-14/h5-9,13,15-16,22H,10-12H2,1-4H3,(H,20,23)/t13-,16-/m0/s1. The van der Waals surface area contributed by atoms with Gasteiger partial charge in [0.05, 0.1) is 12.1 Å². The van der Waals surface area contributed by atoms with Gasteiger partial charge in [0.1, 0.15) is 12.2 Å². The molecule has 0 aromatic heterocycles. The van der Waals surface area contributed by atoms with Crippen LogP contribution in [0.3, 0.4) is 0 Å². The minimum Gasteiger partial charge on any atom is -0.445 e. The van der Waals surface area contributed by atoms with E-state index >= 15 is 0 Å². The number of nitrogens with zero attached hydrogens (tertiary/aromatic N) is 1. The third-order valence-electron chi connectivity index (χ3n) is 4.09. The van der Waals surface area contributed by atoms with Crippen LogP contribution in [0.4, 0.5) is 9.59 Å². The minimum absolute atomic E-state index is 0.0493. The highest BCUT2D eigenvalue weighted by atomic mass is 16.6. The van der Waals surface area contributed by atoms with E-state index in [9.17, 15) is 14.7 Å². The van der Waals surface area contributed by atoms with Crippen molar-refractivity contribution in [2.24, 2.45) is 5.92 Å². The van der Waals surface area contributed by atoms with E-state index in [2.05, 4.69) is 5.32 Å². The van der Waals surface area contributed by atoms with Crippen LogP contribution in [0.25, 0.3) is 0 Å². The second kappa shape index (κ2) is 8.40. The van der Waals surface area contributed by atoms with Crippen molar-refractivity contribution in [3.8, 4) is 0 Å². The molecular weight excluding hydrogens is 336 g/mol. The zero-order valence-electron chi connectivity index (χ0n) is 15.8. The van der Waals surface area contributed by atoms with Crippen LogP contribution in [-0.2, 0) is 16.1 Å². The zero-order valence-corrected chi connectivity index (χ0v) is 15.8. The molecule has 1 aliphatic heterocycles. The summed E-state index contributed by atoms with van der Waals surface area (Å²) in [4.78, 5) is 25.6. The van der Waals surface area contributed by atoms with Crippen LogP contribution in [0.15, 0.2) is 30.3 Å². The van der Waals surface area contributed by atoms with Gasteiger partial charge in [-0.25, -0.2) is 9.59 Å². The molecule has 1 aromatic rings. The molecule has 26 heavy (non-hydrogen) atoms. The maximum Gasteiger partial charge on any atom is 0.410 e. The lowest BCUT2D eigenvalue weighted by Crippen LogP contribution is -2.61. The molecule has 2 N–H and O–H groups in total. The van der Waals surface area contributed by atoms with Gasteiger partial charge in [0, 0.05) is 19.0 Å². The number of aliphatic hydroxyl groups excluding tert-OH is 1.